The largest absolute Gasteiger partial charge is 0.490 e. The summed E-state index contributed by atoms with van der Waals surface area (Å²) in [4.78, 5) is 11.2. The number of hydrogen-bond acceptors (Lipinski definition) is 3. The minimum Gasteiger partial charge on any atom is -0.490 e. The molecular weight excluding hydrogens is 228 g/mol. The highest BCUT2D eigenvalue weighted by molar-refractivity contribution is 5.72. The van der Waals surface area contributed by atoms with Crippen LogP contribution in [0.3, 0.4) is 0 Å². The van der Waals surface area contributed by atoms with E-state index in [4.69, 9.17) is 9.47 Å². The van der Waals surface area contributed by atoms with Gasteiger partial charge < -0.3 is 9.47 Å². The van der Waals surface area contributed by atoms with Gasteiger partial charge in [0.2, 0.25) is 0 Å². The van der Waals surface area contributed by atoms with Crippen molar-refractivity contribution in [1.82, 2.24) is 0 Å². The summed E-state index contributed by atoms with van der Waals surface area (Å²) in [6.45, 7) is 9.53. The van der Waals surface area contributed by atoms with Crippen molar-refractivity contribution in [3.63, 3.8) is 0 Å². The zero-order chi connectivity index (χ0) is 13.4. The van der Waals surface area contributed by atoms with E-state index in [0.29, 0.717) is 5.75 Å². The molecule has 1 unspecified atom stereocenters. The lowest BCUT2D eigenvalue weighted by molar-refractivity contribution is -0.131. The normalized spacial score (nSPS) is 17.9. The first-order valence-electron chi connectivity index (χ1n) is 6.39. The number of ether oxygens (including phenoxy) is 2. The van der Waals surface area contributed by atoms with Gasteiger partial charge in [-0.25, -0.2) is 0 Å². The van der Waals surface area contributed by atoms with Gasteiger partial charge in [0.25, 0.3) is 0 Å². The van der Waals surface area contributed by atoms with E-state index in [-0.39, 0.29) is 12.1 Å². The van der Waals surface area contributed by atoms with Gasteiger partial charge in [-0.15, -0.1) is 0 Å². The van der Waals surface area contributed by atoms with Gasteiger partial charge in [-0.2, -0.15) is 0 Å². The first kappa shape index (κ1) is 12.9. The highest BCUT2D eigenvalue weighted by atomic mass is 16.5. The Bertz CT molecular complexity index is 503. The van der Waals surface area contributed by atoms with Crippen LogP contribution in [-0.4, -0.2) is 12.1 Å². The lowest BCUT2D eigenvalue weighted by Crippen LogP contribution is -2.21. The van der Waals surface area contributed by atoms with E-state index in [1.165, 1.54) is 12.5 Å². The minimum absolute atomic E-state index is 0.259. The third kappa shape index (κ3) is 2.09. The minimum atomic E-state index is -0.273. The van der Waals surface area contributed by atoms with Crippen LogP contribution in [0.2, 0.25) is 0 Å². The molecule has 0 aromatic heterocycles. The zero-order valence-electron chi connectivity index (χ0n) is 11.7. The van der Waals surface area contributed by atoms with E-state index in [2.05, 4.69) is 6.92 Å². The molecule has 0 radical (unpaired) electrons. The third-order valence-corrected chi connectivity index (χ3v) is 3.68. The topological polar surface area (TPSA) is 35.5 Å². The molecule has 1 heterocycles. The van der Waals surface area contributed by atoms with Crippen molar-refractivity contribution in [2.24, 2.45) is 0 Å². The molecular formula is C15H20O3. The molecule has 3 nitrogen and oxygen atoms in total. The molecule has 0 fully saturated rings. The van der Waals surface area contributed by atoms with Crippen LogP contribution in [0.25, 0.3) is 0 Å². The number of carbonyl (C=O) groups excluding carboxylic acids is 1. The molecule has 0 aliphatic carbocycles. The Balaban J connectivity index is 2.59. The average molecular weight is 248 g/mol. The Labute approximate surface area is 108 Å². The van der Waals surface area contributed by atoms with Gasteiger partial charge in [0, 0.05) is 12.5 Å². The van der Waals surface area contributed by atoms with Crippen LogP contribution >= 0.6 is 0 Å². The molecule has 0 spiro atoms. The van der Waals surface area contributed by atoms with Crippen LogP contribution in [0, 0.1) is 20.8 Å². The average Bonchev–Trinajstić information content (AvgIpc) is 2.31. The zero-order valence-corrected chi connectivity index (χ0v) is 11.7. The summed E-state index contributed by atoms with van der Waals surface area (Å²) < 4.78 is 11.3. The van der Waals surface area contributed by atoms with Gasteiger partial charge in [0.1, 0.15) is 11.5 Å². The molecule has 2 rings (SSSR count). The summed E-state index contributed by atoms with van der Waals surface area (Å²) in [5.41, 5.74) is 4.30. The van der Waals surface area contributed by atoms with E-state index in [1.54, 1.807) is 0 Å². The van der Waals surface area contributed by atoms with Crippen molar-refractivity contribution in [2.75, 3.05) is 0 Å². The van der Waals surface area contributed by atoms with Gasteiger partial charge in [0.05, 0.1) is 6.10 Å². The van der Waals surface area contributed by atoms with E-state index in [0.717, 1.165) is 35.3 Å². The van der Waals surface area contributed by atoms with Crippen molar-refractivity contribution in [3.05, 3.63) is 22.3 Å². The number of esters is 1. The maximum absolute atomic E-state index is 11.2. The number of hydrogen-bond donors (Lipinski definition) is 0. The van der Waals surface area contributed by atoms with E-state index in [9.17, 15) is 4.79 Å². The Kier molecular flexibility index (Phi) is 3.33. The summed E-state index contributed by atoms with van der Waals surface area (Å²) >= 11 is 0. The SMILES string of the molecule is CC(=O)Oc1c(C)c(C)c2c(c1C)CCC(C)O2. The summed E-state index contributed by atoms with van der Waals surface area (Å²) in [5, 5.41) is 0. The maximum atomic E-state index is 11.2. The smallest absolute Gasteiger partial charge is 0.308 e. The van der Waals surface area contributed by atoms with Gasteiger partial charge in [-0.3, -0.25) is 4.79 Å². The number of benzene rings is 1. The fraction of sp³-hybridized carbons (Fsp3) is 0.533. The molecule has 98 valence electrons. The van der Waals surface area contributed by atoms with Crippen molar-refractivity contribution in [1.29, 1.82) is 0 Å². The Hall–Kier alpha value is -1.51. The molecule has 0 saturated carbocycles. The third-order valence-electron chi connectivity index (χ3n) is 3.68. The number of rotatable bonds is 1. The molecule has 3 heteroatoms. The second-order valence-electron chi connectivity index (χ2n) is 5.07. The number of fused-ring (bicyclic) bond motifs is 1. The Morgan fingerprint density at radius 2 is 1.89 bits per heavy atom. The van der Waals surface area contributed by atoms with Crippen molar-refractivity contribution < 1.29 is 14.3 Å². The summed E-state index contributed by atoms with van der Waals surface area (Å²) in [5.74, 6) is 1.42. The molecule has 18 heavy (non-hydrogen) atoms. The fourth-order valence-electron chi connectivity index (χ4n) is 2.52. The molecule has 0 N–H and O–H groups in total. The Morgan fingerprint density at radius 1 is 1.22 bits per heavy atom. The summed E-state index contributed by atoms with van der Waals surface area (Å²) in [6.07, 6.45) is 2.25. The van der Waals surface area contributed by atoms with Gasteiger partial charge in [-0.1, -0.05) is 0 Å². The molecule has 1 aromatic carbocycles. The maximum Gasteiger partial charge on any atom is 0.308 e. The highest BCUT2D eigenvalue weighted by Crippen LogP contribution is 2.41. The quantitative estimate of drug-likeness (QED) is 0.565. The second-order valence-corrected chi connectivity index (χ2v) is 5.07. The first-order valence-corrected chi connectivity index (χ1v) is 6.39. The summed E-state index contributed by atoms with van der Waals surface area (Å²) in [6, 6.07) is 0. The van der Waals surface area contributed by atoms with Crippen molar-refractivity contribution >= 4 is 5.97 Å². The van der Waals surface area contributed by atoms with Crippen LogP contribution in [0.5, 0.6) is 11.5 Å². The van der Waals surface area contributed by atoms with Crippen molar-refractivity contribution in [3.8, 4) is 11.5 Å². The predicted octanol–water partition coefficient (Wildman–Crippen LogP) is 3.25. The van der Waals surface area contributed by atoms with Gasteiger partial charge in [0.15, 0.2) is 0 Å². The summed E-state index contributed by atoms with van der Waals surface area (Å²) in [7, 11) is 0. The predicted molar refractivity (Wildman–Crippen MR) is 70.4 cm³/mol. The molecule has 1 aliphatic rings. The monoisotopic (exact) mass is 248 g/mol. The standard InChI is InChI=1S/C15H20O3/c1-8-6-7-13-11(4)14(18-12(5)16)9(2)10(3)15(13)17-8/h8H,6-7H2,1-5H3. The second kappa shape index (κ2) is 4.63. The molecule has 1 aliphatic heterocycles. The van der Waals surface area contributed by atoms with Crippen LogP contribution in [0.4, 0.5) is 0 Å². The van der Waals surface area contributed by atoms with Crippen LogP contribution in [0.1, 0.15) is 42.5 Å². The first-order chi connectivity index (χ1) is 8.41. The molecule has 0 amide bonds. The van der Waals surface area contributed by atoms with Gasteiger partial charge >= 0.3 is 5.97 Å². The van der Waals surface area contributed by atoms with Gasteiger partial charge in [-0.05, 0) is 57.2 Å². The van der Waals surface area contributed by atoms with Crippen molar-refractivity contribution in [2.45, 2.75) is 53.6 Å². The van der Waals surface area contributed by atoms with Crippen LogP contribution < -0.4 is 9.47 Å². The van der Waals surface area contributed by atoms with E-state index in [1.807, 2.05) is 20.8 Å². The number of carbonyl (C=O) groups is 1. The molecule has 1 atom stereocenters. The van der Waals surface area contributed by atoms with Crippen LogP contribution in [-0.2, 0) is 11.2 Å². The van der Waals surface area contributed by atoms with Crippen LogP contribution in [0.15, 0.2) is 0 Å². The molecule has 0 bridgehead atoms. The molecule has 1 aromatic rings. The fourth-order valence-corrected chi connectivity index (χ4v) is 2.52. The lowest BCUT2D eigenvalue weighted by Gasteiger charge is -2.28. The Morgan fingerprint density at radius 3 is 2.50 bits per heavy atom. The van der Waals surface area contributed by atoms with E-state index >= 15 is 0 Å². The lowest BCUT2D eigenvalue weighted by atomic mass is 9.92. The van der Waals surface area contributed by atoms with E-state index < -0.39 is 0 Å². The molecule has 0 saturated heterocycles. The highest BCUT2D eigenvalue weighted by Gasteiger charge is 2.25.